The zero-order valence-electron chi connectivity index (χ0n) is 23.6. The zero-order valence-corrected chi connectivity index (χ0v) is 25.9. The number of nitrogens with zero attached hydrogens (tertiary/aromatic N) is 3. The van der Waals surface area contributed by atoms with Crippen LogP contribution in [0.1, 0.15) is 35.2 Å². The quantitative estimate of drug-likeness (QED) is 0.325. The van der Waals surface area contributed by atoms with Crippen molar-refractivity contribution in [2.45, 2.75) is 44.2 Å². The summed E-state index contributed by atoms with van der Waals surface area (Å²) in [6, 6.07) is 12.2. The molecule has 1 N–H and O–H groups in total. The summed E-state index contributed by atoms with van der Waals surface area (Å²) in [7, 11) is 0.214. The van der Waals surface area contributed by atoms with Gasteiger partial charge < -0.3 is 19.3 Å². The van der Waals surface area contributed by atoms with Gasteiger partial charge in [-0.3, -0.25) is 4.72 Å². The van der Waals surface area contributed by atoms with E-state index in [1.54, 1.807) is 25.1 Å². The number of anilines is 1. The summed E-state index contributed by atoms with van der Waals surface area (Å²) in [6.45, 7) is 6.14. The van der Waals surface area contributed by atoms with Gasteiger partial charge in [-0.25, -0.2) is 13.4 Å². The number of nitrogens with one attached hydrogen (secondary N) is 1. The number of hydrogen-bond donors (Lipinski definition) is 1. The van der Waals surface area contributed by atoms with Crippen LogP contribution in [0.25, 0.3) is 0 Å². The van der Waals surface area contributed by atoms with Crippen LogP contribution in [0, 0.1) is 12.8 Å². The minimum absolute atomic E-state index is 0.106. The minimum atomic E-state index is -3.95. The van der Waals surface area contributed by atoms with E-state index >= 15 is 0 Å². The standard InChI is InChI=1S/C30H36Cl2N4O4S/c1-20-24(31)5-4-6-29(20)41(37,38)34-27-16-23-17-36(3)14-11-26(23)33-30(27)40-19-22-7-8-25(32)28(15-22)39-18-21-9-12-35(2)13-10-21/h4-8,15-16,21,34H,9-14,17-19H2,1-3H3. The van der Waals surface area contributed by atoms with Gasteiger partial charge >= 0.3 is 0 Å². The lowest BCUT2D eigenvalue weighted by molar-refractivity contribution is 0.160. The van der Waals surface area contributed by atoms with Gasteiger partial charge in [0.1, 0.15) is 18.0 Å². The summed E-state index contributed by atoms with van der Waals surface area (Å²) in [5.74, 6) is 1.34. The molecule has 1 fully saturated rings. The van der Waals surface area contributed by atoms with Gasteiger partial charge in [0.2, 0.25) is 5.88 Å². The first-order valence-corrected chi connectivity index (χ1v) is 16.0. The second kappa shape index (κ2) is 12.8. The first-order chi connectivity index (χ1) is 19.6. The molecule has 1 aromatic heterocycles. The van der Waals surface area contributed by atoms with Crippen LogP contribution in [0.5, 0.6) is 11.6 Å². The topological polar surface area (TPSA) is 84.0 Å². The lowest BCUT2D eigenvalue weighted by Gasteiger charge is -2.28. The smallest absolute Gasteiger partial charge is 0.262 e. The largest absolute Gasteiger partial charge is 0.492 e. The highest BCUT2D eigenvalue weighted by atomic mass is 35.5. The van der Waals surface area contributed by atoms with E-state index in [9.17, 15) is 8.42 Å². The maximum absolute atomic E-state index is 13.4. The number of likely N-dealkylation sites (N-methyl/N-ethyl adjacent to an activating group) is 1. The number of halogens is 2. The van der Waals surface area contributed by atoms with Crippen molar-refractivity contribution < 1.29 is 17.9 Å². The third-order valence-corrected chi connectivity index (χ3v) is 9.99. The predicted molar refractivity (Wildman–Crippen MR) is 163 cm³/mol. The van der Waals surface area contributed by atoms with E-state index in [-0.39, 0.29) is 23.1 Å². The molecule has 41 heavy (non-hydrogen) atoms. The van der Waals surface area contributed by atoms with Gasteiger partial charge in [-0.2, -0.15) is 0 Å². The zero-order chi connectivity index (χ0) is 29.1. The highest BCUT2D eigenvalue weighted by Gasteiger charge is 2.24. The molecule has 8 nitrogen and oxygen atoms in total. The second-order valence-corrected chi connectivity index (χ2v) is 13.5. The van der Waals surface area contributed by atoms with Gasteiger partial charge in [0.25, 0.3) is 10.0 Å². The van der Waals surface area contributed by atoms with Crippen molar-refractivity contribution >= 4 is 38.9 Å². The summed E-state index contributed by atoms with van der Waals surface area (Å²) in [6.07, 6.45) is 2.95. The van der Waals surface area contributed by atoms with Gasteiger partial charge in [-0.05, 0) is 99.9 Å². The van der Waals surface area contributed by atoms with E-state index in [1.807, 2.05) is 25.2 Å². The van der Waals surface area contributed by atoms with Gasteiger partial charge in [-0.15, -0.1) is 0 Å². The third kappa shape index (κ3) is 7.27. The van der Waals surface area contributed by atoms with E-state index < -0.39 is 10.0 Å². The highest BCUT2D eigenvalue weighted by Crippen LogP contribution is 2.33. The van der Waals surface area contributed by atoms with Gasteiger partial charge in [0, 0.05) is 24.5 Å². The molecular formula is C30H36Cl2N4O4S. The molecule has 0 aliphatic carbocycles. The van der Waals surface area contributed by atoms with Gasteiger partial charge in [0.15, 0.2) is 0 Å². The number of sulfonamides is 1. The first kappa shape index (κ1) is 29.9. The van der Waals surface area contributed by atoms with Crippen LogP contribution < -0.4 is 14.2 Å². The third-order valence-electron chi connectivity index (χ3n) is 7.76. The van der Waals surface area contributed by atoms with E-state index in [4.69, 9.17) is 37.7 Å². The van der Waals surface area contributed by atoms with Crippen molar-refractivity contribution in [3.05, 3.63) is 74.9 Å². The average Bonchev–Trinajstić information content (AvgIpc) is 2.94. The average molecular weight is 620 g/mol. The number of rotatable bonds is 9. The van der Waals surface area contributed by atoms with Gasteiger partial charge in [-0.1, -0.05) is 35.3 Å². The van der Waals surface area contributed by atoms with Crippen LogP contribution in [0.2, 0.25) is 10.0 Å². The van der Waals surface area contributed by atoms with E-state index in [1.165, 1.54) is 6.07 Å². The fourth-order valence-electron chi connectivity index (χ4n) is 5.19. The molecule has 3 heterocycles. The van der Waals surface area contributed by atoms with Crippen LogP contribution in [0.3, 0.4) is 0 Å². The predicted octanol–water partition coefficient (Wildman–Crippen LogP) is 5.79. The molecule has 2 aliphatic rings. The molecule has 3 aromatic rings. The Labute approximate surface area is 252 Å². The monoisotopic (exact) mass is 618 g/mol. The van der Waals surface area contributed by atoms with Crippen LogP contribution in [-0.2, 0) is 29.6 Å². The Bertz CT molecular complexity index is 1510. The summed E-state index contributed by atoms with van der Waals surface area (Å²) in [4.78, 5) is 9.37. The van der Waals surface area contributed by atoms with Crippen molar-refractivity contribution in [3.8, 4) is 11.6 Å². The Balaban J connectivity index is 1.36. The molecule has 0 amide bonds. The van der Waals surface area contributed by atoms with Crippen LogP contribution in [0.15, 0.2) is 47.4 Å². The molecule has 2 aromatic carbocycles. The number of pyridine rings is 1. The Kier molecular flexibility index (Phi) is 9.30. The molecule has 2 aliphatic heterocycles. The van der Waals surface area contributed by atoms with E-state index in [2.05, 4.69) is 21.6 Å². The van der Waals surface area contributed by atoms with Crippen LogP contribution in [-0.4, -0.2) is 63.5 Å². The Hall–Kier alpha value is -2.56. The lowest BCUT2D eigenvalue weighted by atomic mass is 9.98. The van der Waals surface area contributed by atoms with Crippen molar-refractivity contribution in [2.24, 2.45) is 5.92 Å². The maximum Gasteiger partial charge on any atom is 0.262 e. The molecule has 11 heteroatoms. The fourth-order valence-corrected chi connectivity index (χ4v) is 6.91. The van der Waals surface area contributed by atoms with Crippen molar-refractivity contribution in [1.82, 2.24) is 14.8 Å². The molecule has 220 valence electrons. The number of piperidine rings is 1. The van der Waals surface area contributed by atoms with E-state index in [0.717, 1.165) is 55.7 Å². The summed E-state index contributed by atoms with van der Waals surface area (Å²) in [5.41, 5.74) is 3.46. The number of fused-ring (bicyclic) bond motifs is 1. The van der Waals surface area contributed by atoms with Gasteiger partial charge in [0.05, 0.1) is 22.2 Å². The normalized spacial score (nSPS) is 16.8. The molecule has 0 saturated carbocycles. The second-order valence-electron chi connectivity index (χ2n) is 11.0. The molecule has 0 unspecified atom stereocenters. The number of ether oxygens (including phenoxy) is 2. The first-order valence-electron chi connectivity index (χ1n) is 13.8. The maximum atomic E-state index is 13.4. The number of hydrogen-bond acceptors (Lipinski definition) is 7. The Morgan fingerprint density at radius 3 is 2.56 bits per heavy atom. The molecule has 0 atom stereocenters. The van der Waals surface area contributed by atoms with Crippen molar-refractivity contribution in [3.63, 3.8) is 0 Å². The Morgan fingerprint density at radius 2 is 1.78 bits per heavy atom. The van der Waals surface area contributed by atoms with Crippen LogP contribution >= 0.6 is 23.2 Å². The van der Waals surface area contributed by atoms with Crippen molar-refractivity contribution in [1.29, 1.82) is 0 Å². The minimum Gasteiger partial charge on any atom is -0.492 e. The molecule has 0 bridgehead atoms. The van der Waals surface area contributed by atoms with E-state index in [0.29, 0.717) is 40.4 Å². The molecule has 1 saturated heterocycles. The molecule has 0 radical (unpaired) electrons. The molecule has 5 rings (SSSR count). The lowest BCUT2D eigenvalue weighted by Crippen LogP contribution is -2.32. The summed E-state index contributed by atoms with van der Waals surface area (Å²) in [5, 5.41) is 0.925. The SMILES string of the molecule is Cc1c(Cl)cccc1S(=O)(=O)Nc1cc2c(nc1OCc1ccc(Cl)c(OCC3CCN(C)CC3)c1)CCN(C)C2. The highest BCUT2D eigenvalue weighted by molar-refractivity contribution is 7.92. The fraction of sp³-hybridized carbons (Fsp3) is 0.433. The van der Waals surface area contributed by atoms with Crippen molar-refractivity contribution in [2.75, 3.05) is 45.1 Å². The number of likely N-dealkylation sites (tertiary alicyclic amines) is 1. The number of benzene rings is 2. The summed E-state index contributed by atoms with van der Waals surface area (Å²) < 4.78 is 41.9. The van der Waals surface area contributed by atoms with Crippen LogP contribution in [0.4, 0.5) is 5.69 Å². The molecular weight excluding hydrogens is 583 g/mol. The number of aromatic nitrogens is 1. The summed E-state index contributed by atoms with van der Waals surface area (Å²) >= 11 is 12.7. The molecule has 0 spiro atoms. The Morgan fingerprint density at radius 1 is 1.00 bits per heavy atom.